The third-order valence-electron chi connectivity index (χ3n) is 5.55. The summed E-state index contributed by atoms with van der Waals surface area (Å²) in [6.45, 7) is 3.78. The Morgan fingerprint density at radius 3 is 2.61 bits per heavy atom. The second-order valence-electron chi connectivity index (χ2n) is 8.16. The van der Waals surface area contributed by atoms with Crippen LogP contribution in [0.1, 0.15) is 16.8 Å². The zero-order valence-electron chi connectivity index (χ0n) is 18.2. The zero-order valence-corrected chi connectivity index (χ0v) is 19.0. The number of rotatable bonds is 8. The maximum Gasteiger partial charge on any atom is 0.301 e. The molecule has 0 aliphatic carbocycles. The molecule has 31 heavy (non-hydrogen) atoms. The molecular formula is C22H28N6O2S. The summed E-state index contributed by atoms with van der Waals surface area (Å²) in [4.78, 5) is 5.70. The van der Waals surface area contributed by atoms with Crippen molar-refractivity contribution < 1.29 is 8.42 Å². The Bertz CT molecular complexity index is 1320. The molecule has 0 bridgehead atoms. The van der Waals surface area contributed by atoms with Crippen molar-refractivity contribution in [3.8, 4) is 0 Å². The van der Waals surface area contributed by atoms with Crippen LogP contribution in [-0.2, 0) is 23.2 Å². The summed E-state index contributed by atoms with van der Waals surface area (Å²) in [7, 11) is 1.59. The van der Waals surface area contributed by atoms with E-state index in [1.807, 2.05) is 18.3 Å². The molecule has 2 heterocycles. The highest BCUT2D eigenvalue weighted by Gasteiger charge is 2.15. The molecule has 3 N–H and O–H groups in total. The molecule has 0 saturated carbocycles. The smallest absolute Gasteiger partial charge is 0.301 e. The number of aryl methyl sites for hydroxylation is 1. The molecular weight excluding hydrogens is 412 g/mol. The Balaban J connectivity index is 1.49. The summed E-state index contributed by atoms with van der Waals surface area (Å²) in [5, 5.41) is 9.22. The van der Waals surface area contributed by atoms with Crippen molar-refractivity contribution in [3.63, 3.8) is 0 Å². The first-order chi connectivity index (χ1) is 14.7. The Hall–Kier alpha value is -2.88. The number of likely N-dealkylation sites (N-methyl/N-ethyl adjacent to an activating group) is 1. The van der Waals surface area contributed by atoms with Gasteiger partial charge in [-0.15, -0.1) is 0 Å². The monoisotopic (exact) mass is 440 g/mol. The number of H-pyrrole nitrogens is 2. The summed E-state index contributed by atoms with van der Waals surface area (Å²) in [5.74, 6) is 0. The van der Waals surface area contributed by atoms with E-state index in [1.54, 1.807) is 6.07 Å². The highest BCUT2D eigenvalue weighted by atomic mass is 32.2. The average Bonchev–Trinajstić information content (AvgIpc) is 3.29. The molecule has 164 valence electrons. The molecule has 0 unspecified atom stereocenters. The number of benzene rings is 2. The van der Waals surface area contributed by atoms with Crippen LogP contribution in [0.3, 0.4) is 0 Å². The van der Waals surface area contributed by atoms with Crippen LogP contribution in [0.25, 0.3) is 21.8 Å². The molecule has 0 radical (unpaired) electrons. The van der Waals surface area contributed by atoms with Crippen LogP contribution in [0.5, 0.6) is 0 Å². The predicted molar refractivity (Wildman–Crippen MR) is 125 cm³/mol. The van der Waals surface area contributed by atoms with E-state index in [2.05, 4.69) is 57.0 Å². The molecule has 2 aromatic heterocycles. The number of hydrogen-bond acceptors (Lipinski definition) is 4. The molecule has 0 atom stereocenters. The summed E-state index contributed by atoms with van der Waals surface area (Å²) in [6, 6.07) is 11.9. The Morgan fingerprint density at radius 2 is 1.84 bits per heavy atom. The average molecular weight is 441 g/mol. The predicted octanol–water partition coefficient (Wildman–Crippen LogP) is 3.25. The van der Waals surface area contributed by atoms with Gasteiger partial charge in [0, 0.05) is 49.2 Å². The van der Waals surface area contributed by atoms with Crippen LogP contribution < -0.4 is 4.72 Å². The maximum atomic E-state index is 12.2. The van der Waals surface area contributed by atoms with E-state index < -0.39 is 10.2 Å². The first-order valence-corrected chi connectivity index (χ1v) is 11.6. The van der Waals surface area contributed by atoms with E-state index in [-0.39, 0.29) is 0 Å². The van der Waals surface area contributed by atoms with Crippen LogP contribution in [0.2, 0.25) is 0 Å². The fourth-order valence-corrected chi connectivity index (χ4v) is 4.40. The van der Waals surface area contributed by atoms with Gasteiger partial charge in [0.25, 0.3) is 0 Å². The van der Waals surface area contributed by atoms with Gasteiger partial charge in [-0.05, 0) is 61.9 Å². The van der Waals surface area contributed by atoms with Gasteiger partial charge in [-0.1, -0.05) is 6.07 Å². The van der Waals surface area contributed by atoms with Gasteiger partial charge in [-0.2, -0.15) is 17.8 Å². The SMILES string of the molecule is Cc1[nH]c2ccc(NS(=O)(=O)N(C)C)cc2c1CCN(C)Cc1ccc2[nH]ncc2c1. The second-order valence-corrected chi connectivity index (χ2v) is 10.0. The highest BCUT2D eigenvalue weighted by molar-refractivity contribution is 7.90. The lowest BCUT2D eigenvalue weighted by Crippen LogP contribution is -2.28. The number of hydrogen-bond donors (Lipinski definition) is 3. The molecule has 0 aliphatic rings. The van der Waals surface area contributed by atoms with Crippen molar-refractivity contribution >= 4 is 37.7 Å². The van der Waals surface area contributed by atoms with E-state index >= 15 is 0 Å². The maximum absolute atomic E-state index is 12.2. The molecule has 4 rings (SSSR count). The fourth-order valence-electron chi connectivity index (χ4n) is 3.79. The normalized spacial score (nSPS) is 12.5. The topological polar surface area (TPSA) is 97.1 Å². The van der Waals surface area contributed by atoms with Crippen molar-refractivity contribution in [1.29, 1.82) is 0 Å². The number of aromatic nitrogens is 3. The lowest BCUT2D eigenvalue weighted by molar-refractivity contribution is 0.331. The van der Waals surface area contributed by atoms with Gasteiger partial charge in [0.2, 0.25) is 0 Å². The third kappa shape index (κ3) is 4.58. The minimum absolute atomic E-state index is 0.559. The molecule has 9 heteroatoms. The Labute approximate surface area is 182 Å². The van der Waals surface area contributed by atoms with Crippen LogP contribution >= 0.6 is 0 Å². The minimum atomic E-state index is -3.54. The number of nitrogens with zero attached hydrogens (tertiary/aromatic N) is 3. The molecule has 2 aromatic carbocycles. The van der Waals surface area contributed by atoms with Gasteiger partial charge < -0.3 is 9.88 Å². The number of aromatic amines is 2. The van der Waals surface area contributed by atoms with E-state index in [4.69, 9.17) is 0 Å². The molecule has 8 nitrogen and oxygen atoms in total. The molecule has 0 fully saturated rings. The van der Waals surface area contributed by atoms with E-state index in [9.17, 15) is 8.42 Å². The molecule has 0 spiro atoms. The Morgan fingerprint density at radius 1 is 1.06 bits per heavy atom. The summed E-state index contributed by atoms with van der Waals surface area (Å²) in [5.41, 5.74) is 6.17. The summed E-state index contributed by atoms with van der Waals surface area (Å²) >= 11 is 0. The number of nitrogens with one attached hydrogen (secondary N) is 3. The highest BCUT2D eigenvalue weighted by Crippen LogP contribution is 2.27. The molecule has 0 aliphatic heterocycles. The summed E-state index contributed by atoms with van der Waals surface area (Å²) < 4.78 is 28.1. The van der Waals surface area contributed by atoms with Gasteiger partial charge in [0.1, 0.15) is 0 Å². The minimum Gasteiger partial charge on any atom is -0.358 e. The van der Waals surface area contributed by atoms with E-state index in [1.165, 1.54) is 25.2 Å². The van der Waals surface area contributed by atoms with Crippen molar-refractivity contribution in [2.45, 2.75) is 19.9 Å². The number of fused-ring (bicyclic) bond motifs is 2. The van der Waals surface area contributed by atoms with Crippen LogP contribution in [0.4, 0.5) is 5.69 Å². The molecule has 4 aromatic rings. The zero-order chi connectivity index (χ0) is 22.2. The van der Waals surface area contributed by atoms with Crippen LogP contribution in [-0.4, -0.2) is 60.5 Å². The first-order valence-electron chi connectivity index (χ1n) is 10.1. The summed E-state index contributed by atoms with van der Waals surface area (Å²) in [6.07, 6.45) is 2.70. The molecule has 0 saturated heterocycles. The van der Waals surface area contributed by atoms with Crippen molar-refractivity contribution in [2.75, 3.05) is 32.4 Å². The van der Waals surface area contributed by atoms with Crippen molar-refractivity contribution in [1.82, 2.24) is 24.4 Å². The van der Waals surface area contributed by atoms with Gasteiger partial charge in [-0.25, -0.2) is 0 Å². The second kappa shape index (κ2) is 8.33. The van der Waals surface area contributed by atoms with Crippen molar-refractivity contribution in [2.24, 2.45) is 0 Å². The standard InChI is InChI=1S/C22H28N6O2S/c1-15-19(9-10-28(4)14-16-5-7-21-17(11-16)13-23-25-21)20-12-18(6-8-22(20)24-15)26-31(29,30)27(2)3/h5-8,11-13,24,26H,9-10,14H2,1-4H3,(H,23,25). The third-order valence-corrected chi connectivity index (χ3v) is 7.00. The van der Waals surface area contributed by atoms with E-state index in [0.29, 0.717) is 5.69 Å². The Kier molecular flexibility index (Phi) is 5.74. The lowest BCUT2D eigenvalue weighted by atomic mass is 10.1. The van der Waals surface area contributed by atoms with Gasteiger partial charge in [0.05, 0.1) is 17.4 Å². The van der Waals surface area contributed by atoms with Gasteiger partial charge in [0.15, 0.2) is 0 Å². The number of anilines is 1. The van der Waals surface area contributed by atoms with Crippen LogP contribution in [0, 0.1) is 6.92 Å². The van der Waals surface area contributed by atoms with Crippen LogP contribution in [0.15, 0.2) is 42.6 Å². The van der Waals surface area contributed by atoms with Gasteiger partial charge >= 0.3 is 10.2 Å². The largest absolute Gasteiger partial charge is 0.358 e. The van der Waals surface area contributed by atoms with Crippen molar-refractivity contribution in [3.05, 3.63) is 59.4 Å². The molecule has 0 amide bonds. The van der Waals surface area contributed by atoms with E-state index in [0.717, 1.165) is 51.3 Å². The quantitative estimate of drug-likeness (QED) is 0.392. The lowest BCUT2D eigenvalue weighted by Gasteiger charge is -2.17. The van der Waals surface area contributed by atoms with Gasteiger partial charge in [-0.3, -0.25) is 9.82 Å². The fraction of sp³-hybridized carbons (Fsp3) is 0.318. The first kappa shape index (κ1) is 21.4.